The van der Waals surface area contributed by atoms with Crippen LogP contribution < -0.4 is 5.32 Å². The largest absolute Gasteiger partial charge is 0.458 e. The molecule has 0 unspecified atom stereocenters. The molecule has 1 saturated heterocycles. The van der Waals surface area contributed by atoms with Gasteiger partial charge in [-0.15, -0.1) is 0 Å². The van der Waals surface area contributed by atoms with Crippen molar-refractivity contribution >= 4 is 0 Å². The predicted molar refractivity (Wildman–Crippen MR) is 60.9 cm³/mol. The lowest BCUT2D eigenvalue weighted by Crippen LogP contribution is -2.56. The molecule has 2 heterocycles. The number of furan rings is 1. The van der Waals surface area contributed by atoms with Gasteiger partial charge < -0.3 is 14.8 Å². The van der Waals surface area contributed by atoms with Crippen LogP contribution in [0.25, 0.3) is 11.3 Å². The van der Waals surface area contributed by atoms with Gasteiger partial charge in [-0.25, -0.2) is 4.39 Å². The van der Waals surface area contributed by atoms with E-state index >= 15 is 0 Å². The number of hydrogen-bond donors (Lipinski definition) is 2. The number of rotatable bonds is 2. The van der Waals surface area contributed by atoms with Crippen LogP contribution in [0.2, 0.25) is 0 Å². The second kappa shape index (κ2) is 3.68. The van der Waals surface area contributed by atoms with Crippen LogP contribution in [0.3, 0.4) is 0 Å². The van der Waals surface area contributed by atoms with Crippen LogP contribution >= 0.6 is 0 Å². The number of aliphatic hydroxyl groups is 1. The molecule has 0 aliphatic carbocycles. The molecule has 0 radical (unpaired) electrons. The lowest BCUT2D eigenvalue weighted by atomic mass is 9.94. The Balaban J connectivity index is 1.92. The molecule has 2 aromatic rings. The first-order valence-corrected chi connectivity index (χ1v) is 5.47. The molecular weight excluding hydrogens is 221 g/mol. The Hall–Kier alpha value is -1.65. The maximum atomic E-state index is 12.8. The van der Waals surface area contributed by atoms with E-state index in [1.807, 2.05) is 0 Å². The van der Waals surface area contributed by atoms with E-state index in [1.165, 1.54) is 12.1 Å². The van der Waals surface area contributed by atoms with Crippen LogP contribution in [0.15, 0.2) is 40.8 Å². The molecule has 1 fully saturated rings. The first kappa shape index (κ1) is 10.5. The molecular formula is C13H12FNO2. The molecule has 1 aliphatic heterocycles. The third-order valence-corrected chi connectivity index (χ3v) is 3.03. The van der Waals surface area contributed by atoms with Gasteiger partial charge in [0.1, 0.15) is 22.9 Å². The molecule has 0 saturated carbocycles. The molecule has 1 aromatic carbocycles. The van der Waals surface area contributed by atoms with Gasteiger partial charge in [0, 0.05) is 18.7 Å². The average molecular weight is 233 g/mol. The van der Waals surface area contributed by atoms with Crippen molar-refractivity contribution in [2.45, 2.75) is 5.60 Å². The van der Waals surface area contributed by atoms with Gasteiger partial charge in [0.15, 0.2) is 0 Å². The van der Waals surface area contributed by atoms with E-state index in [0.717, 1.165) is 5.56 Å². The van der Waals surface area contributed by atoms with E-state index in [9.17, 15) is 9.50 Å². The van der Waals surface area contributed by atoms with Crippen molar-refractivity contribution in [2.24, 2.45) is 0 Å². The van der Waals surface area contributed by atoms with Crippen LogP contribution in [-0.4, -0.2) is 18.2 Å². The maximum Gasteiger partial charge on any atom is 0.147 e. The summed E-state index contributed by atoms with van der Waals surface area (Å²) in [5, 5.41) is 13.1. The van der Waals surface area contributed by atoms with Gasteiger partial charge in [-0.2, -0.15) is 0 Å². The van der Waals surface area contributed by atoms with E-state index in [4.69, 9.17) is 4.42 Å². The summed E-state index contributed by atoms with van der Waals surface area (Å²) in [7, 11) is 0. The maximum absolute atomic E-state index is 12.8. The Morgan fingerprint density at radius 2 is 1.82 bits per heavy atom. The van der Waals surface area contributed by atoms with Crippen LogP contribution in [0.4, 0.5) is 4.39 Å². The fourth-order valence-corrected chi connectivity index (χ4v) is 1.89. The van der Waals surface area contributed by atoms with Crippen LogP contribution in [0, 0.1) is 5.82 Å². The molecule has 4 heteroatoms. The molecule has 3 nitrogen and oxygen atoms in total. The average Bonchev–Trinajstić information content (AvgIpc) is 2.76. The first-order chi connectivity index (χ1) is 8.17. The predicted octanol–water partition coefficient (Wildman–Crippen LogP) is 1.88. The third kappa shape index (κ3) is 1.75. The van der Waals surface area contributed by atoms with Gasteiger partial charge >= 0.3 is 0 Å². The van der Waals surface area contributed by atoms with Crippen molar-refractivity contribution in [3.63, 3.8) is 0 Å². The van der Waals surface area contributed by atoms with Crippen LogP contribution in [-0.2, 0) is 5.60 Å². The summed E-state index contributed by atoms with van der Waals surface area (Å²) < 4.78 is 18.4. The Morgan fingerprint density at radius 1 is 1.12 bits per heavy atom. The molecule has 3 rings (SSSR count). The smallest absolute Gasteiger partial charge is 0.147 e. The quantitative estimate of drug-likeness (QED) is 0.832. The highest BCUT2D eigenvalue weighted by Gasteiger charge is 2.39. The Morgan fingerprint density at radius 3 is 2.41 bits per heavy atom. The zero-order valence-electron chi connectivity index (χ0n) is 9.11. The first-order valence-electron chi connectivity index (χ1n) is 5.47. The van der Waals surface area contributed by atoms with Crippen molar-refractivity contribution in [3.05, 3.63) is 48.0 Å². The van der Waals surface area contributed by atoms with E-state index < -0.39 is 5.60 Å². The normalized spacial score (nSPS) is 17.8. The molecule has 0 atom stereocenters. The molecule has 0 spiro atoms. The zero-order valence-corrected chi connectivity index (χ0v) is 9.11. The minimum absolute atomic E-state index is 0.276. The van der Waals surface area contributed by atoms with Gasteiger partial charge in [0.05, 0.1) is 0 Å². The minimum atomic E-state index is -0.891. The van der Waals surface area contributed by atoms with Gasteiger partial charge in [-0.3, -0.25) is 0 Å². The highest BCUT2D eigenvalue weighted by atomic mass is 19.1. The Bertz CT molecular complexity index is 529. The molecule has 17 heavy (non-hydrogen) atoms. The number of nitrogens with one attached hydrogen (secondary N) is 1. The second-order valence-electron chi connectivity index (χ2n) is 4.31. The van der Waals surface area contributed by atoms with Gasteiger partial charge in [-0.05, 0) is 36.4 Å². The van der Waals surface area contributed by atoms with E-state index in [1.54, 1.807) is 24.3 Å². The highest BCUT2D eigenvalue weighted by molar-refractivity contribution is 5.57. The molecule has 2 N–H and O–H groups in total. The van der Waals surface area contributed by atoms with Crippen molar-refractivity contribution in [1.29, 1.82) is 0 Å². The molecule has 88 valence electrons. The Kier molecular flexibility index (Phi) is 2.28. The summed E-state index contributed by atoms with van der Waals surface area (Å²) in [6, 6.07) is 9.63. The fraction of sp³-hybridized carbons (Fsp3) is 0.231. The zero-order chi connectivity index (χ0) is 11.9. The molecule has 1 aliphatic rings. The van der Waals surface area contributed by atoms with Crippen LogP contribution in [0.1, 0.15) is 5.76 Å². The third-order valence-electron chi connectivity index (χ3n) is 3.03. The topological polar surface area (TPSA) is 45.4 Å². The van der Waals surface area contributed by atoms with Gasteiger partial charge in [-0.1, -0.05) is 0 Å². The standard InChI is InChI=1S/C13H12FNO2/c14-10-3-1-9(2-4-10)11-5-6-12(17-11)13(16)7-15-8-13/h1-6,15-16H,7-8H2. The Labute approximate surface area is 97.9 Å². The molecule has 0 amide bonds. The van der Waals surface area contributed by atoms with Crippen molar-refractivity contribution in [2.75, 3.05) is 13.1 Å². The lowest BCUT2D eigenvalue weighted by Gasteiger charge is -2.35. The van der Waals surface area contributed by atoms with Crippen molar-refractivity contribution in [1.82, 2.24) is 5.32 Å². The molecule has 1 aromatic heterocycles. The van der Waals surface area contributed by atoms with Gasteiger partial charge in [0.25, 0.3) is 0 Å². The summed E-state index contributed by atoms with van der Waals surface area (Å²) in [6.45, 7) is 1.01. The minimum Gasteiger partial charge on any atom is -0.458 e. The summed E-state index contributed by atoms with van der Waals surface area (Å²) in [5.41, 5.74) is -0.0910. The summed E-state index contributed by atoms with van der Waals surface area (Å²) in [6.07, 6.45) is 0. The summed E-state index contributed by atoms with van der Waals surface area (Å²) in [4.78, 5) is 0. The number of β-amino-alcohol motifs (C(OH)–C–C–N with tert-alkyl or cyclic N) is 1. The van der Waals surface area contributed by atoms with Crippen LogP contribution in [0.5, 0.6) is 0 Å². The fourth-order valence-electron chi connectivity index (χ4n) is 1.89. The van der Waals surface area contributed by atoms with Crippen molar-refractivity contribution in [3.8, 4) is 11.3 Å². The number of hydrogen-bond acceptors (Lipinski definition) is 3. The summed E-state index contributed by atoms with van der Waals surface area (Å²) in [5.74, 6) is 0.915. The highest BCUT2D eigenvalue weighted by Crippen LogP contribution is 2.30. The number of benzene rings is 1. The second-order valence-corrected chi connectivity index (χ2v) is 4.31. The summed E-state index contributed by atoms with van der Waals surface area (Å²) >= 11 is 0. The van der Waals surface area contributed by atoms with Crippen molar-refractivity contribution < 1.29 is 13.9 Å². The lowest BCUT2D eigenvalue weighted by molar-refractivity contribution is -0.0327. The van der Waals surface area contributed by atoms with E-state index in [2.05, 4.69) is 5.32 Å². The van der Waals surface area contributed by atoms with E-state index in [-0.39, 0.29) is 5.82 Å². The molecule has 0 bridgehead atoms. The monoisotopic (exact) mass is 233 g/mol. The SMILES string of the molecule is OC1(c2ccc(-c3ccc(F)cc3)o2)CNC1. The van der Waals surface area contributed by atoms with E-state index in [0.29, 0.717) is 24.6 Å². The van der Waals surface area contributed by atoms with Gasteiger partial charge in [0.2, 0.25) is 0 Å². The number of halogens is 1.